The molecule has 262 valence electrons. The van der Waals surface area contributed by atoms with Gasteiger partial charge in [0, 0.05) is 33.4 Å². The van der Waals surface area contributed by atoms with Crippen LogP contribution >= 0.6 is 0 Å². The highest BCUT2D eigenvalue weighted by molar-refractivity contribution is 5.90. The largest absolute Gasteiger partial charge is 0.238 e. The van der Waals surface area contributed by atoms with Crippen molar-refractivity contribution in [2.24, 2.45) is 0 Å². The molecule has 0 spiro atoms. The molecule has 0 unspecified atom stereocenters. The van der Waals surface area contributed by atoms with Gasteiger partial charge in [-0.1, -0.05) is 170 Å². The van der Waals surface area contributed by atoms with E-state index in [2.05, 4.69) is 53.4 Å². The van der Waals surface area contributed by atoms with E-state index < -0.39 is 0 Å². The summed E-state index contributed by atoms with van der Waals surface area (Å²) in [5, 5.41) is 0. The molecule has 56 heavy (non-hydrogen) atoms. The molecule has 6 nitrogen and oxygen atoms in total. The monoisotopic (exact) mass is 716 g/mol. The van der Waals surface area contributed by atoms with Crippen LogP contribution in [0.5, 0.6) is 0 Å². The lowest BCUT2D eigenvalue weighted by atomic mass is 9.91. The summed E-state index contributed by atoms with van der Waals surface area (Å²) < 4.78 is 0. The van der Waals surface area contributed by atoms with Crippen molar-refractivity contribution in [3.63, 3.8) is 0 Å². The van der Waals surface area contributed by atoms with E-state index in [1.54, 1.807) is 0 Å². The van der Waals surface area contributed by atoms with Gasteiger partial charge in [-0.2, -0.15) is 0 Å². The van der Waals surface area contributed by atoms with Gasteiger partial charge in [0.25, 0.3) is 0 Å². The van der Waals surface area contributed by atoms with Crippen LogP contribution < -0.4 is 0 Å². The highest BCUT2D eigenvalue weighted by atomic mass is 15.0. The van der Waals surface area contributed by atoms with Crippen molar-refractivity contribution in [3.8, 4) is 90.3 Å². The van der Waals surface area contributed by atoms with Gasteiger partial charge in [-0.05, 0) is 46.5 Å². The van der Waals surface area contributed by atoms with Gasteiger partial charge in [0.2, 0.25) is 0 Å². The predicted octanol–water partition coefficient (Wildman–Crippen LogP) is 12.5. The Balaban J connectivity index is 1.25. The minimum absolute atomic E-state index is 0.538. The number of rotatable bonds is 8. The lowest BCUT2D eigenvalue weighted by Crippen LogP contribution is -2.01. The fraction of sp³-hybridized carbons (Fsp3) is 0. The molecule has 2 heterocycles. The van der Waals surface area contributed by atoms with Gasteiger partial charge >= 0.3 is 0 Å². The van der Waals surface area contributed by atoms with E-state index in [9.17, 15) is 0 Å². The summed E-state index contributed by atoms with van der Waals surface area (Å²) in [4.78, 5) is 29.0. The molecule has 0 aliphatic heterocycles. The first kappa shape index (κ1) is 33.9. The van der Waals surface area contributed by atoms with Crippen molar-refractivity contribution >= 4 is 5.69 Å². The zero-order valence-electron chi connectivity index (χ0n) is 30.2. The predicted molar refractivity (Wildman–Crippen MR) is 225 cm³/mol. The van der Waals surface area contributed by atoms with Crippen LogP contribution in [0.4, 0.5) is 5.69 Å². The zero-order chi connectivity index (χ0) is 37.7. The molecule has 0 atom stereocenters. The molecule has 0 radical (unpaired) electrons. The van der Waals surface area contributed by atoms with Gasteiger partial charge in [-0.3, -0.25) is 0 Å². The fourth-order valence-electron chi connectivity index (χ4n) is 6.83. The highest BCUT2D eigenvalue weighted by Gasteiger charge is 2.19. The highest BCUT2D eigenvalue weighted by Crippen LogP contribution is 2.40. The third kappa shape index (κ3) is 6.96. The SMILES string of the molecule is [C-]#[N+]c1cccc(-c2cc(-c3ccccc3-c3cc(-c4ccccc4)nc(-c4ccccc4)n3)ccc2-c2nc(-c3ccccc3)nc(-c3ccccc3)n2)c1. The molecule has 0 saturated carbocycles. The van der Waals surface area contributed by atoms with Crippen LogP contribution in [0.1, 0.15) is 0 Å². The van der Waals surface area contributed by atoms with Crippen molar-refractivity contribution in [1.29, 1.82) is 0 Å². The molecule has 0 aliphatic carbocycles. The quantitative estimate of drug-likeness (QED) is 0.146. The maximum Gasteiger partial charge on any atom is 0.187 e. The summed E-state index contributed by atoms with van der Waals surface area (Å²) >= 11 is 0. The summed E-state index contributed by atoms with van der Waals surface area (Å²) in [5.74, 6) is 2.35. The first-order valence-electron chi connectivity index (χ1n) is 18.3. The second-order valence-corrected chi connectivity index (χ2v) is 13.2. The second kappa shape index (κ2) is 15.2. The summed E-state index contributed by atoms with van der Waals surface area (Å²) in [6, 6.07) is 64.7. The van der Waals surface area contributed by atoms with Crippen molar-refractivity contribution in [3.05, 3.63) is 206 Å². The van der Waals surface area contributed by atoms with Crippen LogP contribution in [0, 0.1) is 6.57 Å². The van der Waals surface area contributed by atoms with Crippen molar-refractivity contribution in [2.75, 3.05) is 0 Å². The molecule has 0 aliphatic rings. The fourth-order valence-corrected chi connectivity index (χ4v) is 6.83. The number of hydrogen-bond acceptors (Lipinski definition) is 5. The summed E-state index contributed by atoms with van der Waals surface area (Å²) in [7, 11) is 0. The van der Waals surface area contributed by atoms with Gasteiger partial charge in [0.15, 0.2) is 29.0 Å². The van der Waals surface area contributed by atoms with Gasteiger partial charge in [-0.15, -0.1) is 0 Å². The smallest absolute Gasteiger partial charge is 0.187 e. The Kier molecular flexibility index (Phi) is 9.23. The van der Waals surface area contributed by atoms with E-state index in [0.717, 1.165) is 67.0 Å². The summed E-state index contributed by atoms with van der Waals surface area (Å²) in [6.45, 7) is 7.81. The second-order valence-electron chi connectivity index (χ2n) is 13.2. The van der Waals surface area contributed by atoms with Crippen LogP contribution in [0.15, 0.2) is 194 Å². The van der Waals surface area contributed by atoms with Gasteiger partial charge in [0.05, 0.1) is 18.0 Å². The van der Waals surface area contributed by atoms with Crippen LogP contribution in [-0.4, -0.2) is 24.9 Å². The molecule has 2 aromatic heterocycles. The van der Waals surface area contributed by atoms with E-state index in [4.69, 9.17) is 31.5 Å². The third-order valence-corrected chi connectivity index (χ3v) is 9.59. The van der Waals surface area contributed by atoms with Crippen LogP contribution in [0.25, 0.3) is 95.2 Å². The Bertz CT molecular complexity index is 2740. The Morgan fingerprint density at radius 3 is 1.34 bits per heavy atom. The molecule has 0 N–H and O–H groups in total. The zero-order valence-corrected chi connectivity index (χ0v) is 30.2. The Labute approximate surface area is 325 Å². The summed E-state index contributed by atoms with van der Waals surface area (Å²) in [5.41, 5.74) is 11.5. The molecule has 7 aromatic carbocycles. The molecular weight excluding hydrogens is 685 g/mol. The molecule has 0 fully saturated rings. The van der Waals surface area contributed by atoms with Crippen LogP contribution in [0.3, 0.4) is 0 Å². The summed E-state index contributed by atoms with van der Waals surface area (Å²) in [6.07, 6.45) is 0. The van der Waals surface area contributed by atoms with Crippen LogP contribution in [0.2, 0.25) is 0 Å². The molecule has 9 rings (SSSR count). The normalized spacial score (nSPS) is 10.8. The van der Waals surface area contributed by atoms with E-state index >= 15 is 0 Å². The first-order chi connectivity index (χ1) is 27.7. The topological polar surface area (TPSA) is 68.8 Å². The molecule has 0 amide bonds. The van der Waals surface area contributed by atoms with Gasteiger partial charge < -0.3 is 0 Å². The van der Waals surface area contributed by atoms with E-state index in [1.165, 1.54) is 0 Å². The van der Waals surface area contributed by atoms with Gasteiger partial charge in [0.1, 0.15) is 0 Å². The Morgan fingerprint density at radius 2 is 0.750 bits per heavy atom. The molecule has 0 saturated heterocycles. The minimum Gasteiger partial charge on any atom is -0.238 e. The van der Waals surface area contributed by atoms with E-state index in [1.807, 2.05) is 146 Å². The van der Waals surface area contributed by atoms with Crippen molar-refractivity contribution < 1.29 is 0 Å². The molecule has 6 heteroatoms. The van der Waals surface area contributed by atoms with E-state index in [0.29, 0.717) is 29.0 Å². The Hall–Kier alpha value is -7.88. The van der Waals surface area contributed by atoms with Crippen LogP contribution in [-0.2, 0) is 0 Å². The number of benzene rings is 7. The van der Waals surface area contributed by atoms with Crippen molar-refractivity contribution in [2.45, 2.75) is 0 Å². The average Bonchev–Trinajstić information content (AvgIpc) is 3.29. The Morgan fingerprint density at radius 1 is 0.286 bits per heavy atom. The maximum atomic E-state index is 7.81. The standard InChI is InChI=1S/C50H32N6/c1-51-40-26-16-25-38(31-40)44-32-39(29-30-43(44)50-55-48(36-21-10-4-11-22-36)54-49(56-50)37-23-12-5-13-24-37)41-27-14-15-28-42(41)46-33-45(34-17-6-2-7-18-34)52-47(53-46)35-19-8-3-9-20-35/h2-33H. The third-order valence-electron chi connectivity index (χ3n) is 9.59. The molecule has 9 aromatic rings. The lowest BCUT2D eigenvalue weighted by molar-refractivity contribution is 1.07. The average molecular weight is 717 g/mol. The van der Waals surface area contributed by atoms with Gasteiger partial charge in [-0.25, -0.2) is 29.8 Å². The first-order valence-corrected chi connectivity index (χ1v) is 18.3. The molecule has 0 bridgehead atoms. The van der Waals surface area contributed by atoms with E-state index in [-0.39, 0.29) is 0 Å². The maximum absolute atomic E-state index is 7.81. The lowest BCUT2D eigenvalue weighted by Gasteiger charge is -2.16. The van der Waals surface area contributed by atoms with Crippen molar-refractivity contribution in [1.82, 2.24) is 24.9 Å². The minimum atomic E-state index is 0.538. The number of nitrogens with zero attached hydrogens (tertiary/aromatic N) is 6. The number of hydrogen-bond donors (Lipinski definition) is 0. The number of aromatic nitrogens is 5. The molecular formula is C50H32N6.